The summed E-state index contributed by atoms with van der Waals surface area (Å²) in [5.41, 5.74) is 5.67. The number of hydrogen-bond donors (Lipinski definition) is 1. The molecule has 1 aliphatic carbocycles. The van der Waals surface area contributed by atoms with Crippen molar-refractivity contribution in [1.82, 2.24) is 20.2 Å². The van der Waals surface area contributed by atoms with Crippen LogP contribution >= 0.6 is 23.4 Å². The fraction of sp³-hybridized carbons (Fsp3) is 0.333. The van der Waals surface area contributed by atoms with E-state index in [-0.39, 0.29) is 11.7 Å². The molecule has 0 aliphatic heterocycles. The number of amides is 1. The van der Waals surface area contributed by atoms with Crippen LogP contribution in [0.15, 0.2) is 58.8 Å². The third-order valence-electron chi connectivity index (χ3n) is 5.62. The highest BCUT2D eigenvalue weighted by molar-refractivity contribution is 7.99. The van der Waals surface area contributed by atoms with Crippen molar-refractivity contribution in [3.8, 4) is 11.4 Å². The summed E-state index contributed by atoms with van der Waals surface area (Å²) in [7, 11) is 0. The predicted octanol–water partition coefficient (Wildman–Crippen LogP) is 5.65. The van der Waals surface area contributed by atoms with Crippen LogP contribution in [0.3, 0.4) is 0 Å². The molecule has 1 saturated carbocycles. The molecule has 3 aromatic rings. The van der Waals surface area contributed by atoms with Gasteiger partial charge >= 0.3 is 0 Å². The zero-order valence-electron chi connectivity index (χ0n) is 18.0. The monoisotopic (exact) mass is 467 g/mol. The number of thioether (sulfide) groups is 1. The minimum Gasteiger partial charge on any atom is -0.299 e. The van der Waals surface area contributed by atoms with Gasteiger partial charge in [0, 0.05) is 16.6 Å². The first-order valence-corrected chi connectivity index (χ1v) is 12.2. The lowest BCUT2D eigenvalue weighted by Crippen LogP contribution is -2.20. The highest BCUT2D eigenvalue weighted by Gasteiger charge is 2.24. The Hall–Kier alpha value is -2.64. The van der Waals surface area contributed by atoms with Crippen LogP contribution in [-0.4, -0.2) is 32.6 Å². The summed E-state index contributed by atoms with van der Waals surface area (Å²) in [5, 5.41) is 14.4. The van der Waals surface area contributed by atoms with Gasteiger partial charge in [0.2, 0.25) is 0 Å². The Bertz CT molecular complexity index is 1090. The second kappa shape index (κ2) is 10.8. The fourth-order valence-electron chi connectivity index (χ4n) is 3.91. The number of nitrogens with one attached hydrogen (secondary N) is 1. The van der Waals surface area contributed by atoms with Crippen LogP contribution in [0.5, 0.6) is 0 Å². The minimum absolute atomic E-state index is 0.175. The van der Waals surface area contributed by atoms with Crippen LogP contribution in [0.1, 0.15) is 49.3 Å². The van der Waals surface area contributed by atoms with Crippen molar-refractivity contribution >= 4 is 35.5 Å². The number of halogens is 1. The quantitative estimate of drug-likeness (QED) is 0.276. The number of aromatic nitrogens is 3. The van der Waals surface area contributed by atoms with E-state index in [0.29, 0.717) is 11.1 Å². The standard InChI is InChI=1S/C24H26ClN5OS/c1-17-7-5-6-8-19(17)15-26-27-22(31)16-32-24-29-28-23(18-11-13-20(25)14-12-18)30(24)21-9-3-2-4-10-21/h5-8,11-15,21H,2-4,9-10,16H2,1H3,(H,27,31)/b26-15+. The number of benzene rings is 2. The van der Waals surface area contributed by atoms with Gasteiger partial charge in [-0.3, -0.25) is 9.36 Å². The van der Waals surface area contributed by atoms with Crippen LogP contribution in [-0.2, 0) is 4.79 Å². The lowest BCUT2D eigenvalue weighted by molar-refractivity contribution is -0.118. The molecule has 6 nitrogen and oxygen atoms in total. The first-order chi connectivity index (χ1) is 15.6. The maximum absolute atomic E-state index is 12.4. The molecule has 0 atom stereocenters. The smallest absolute Gasteiger partial charge is 0.250 e. The van der Waals surface area contributed by atoms with Crippen LogP contribution in [0.4, 0.5) is 0 Å². The average Bonchev–Trinajstić information content (AvgIpc) is 3.24. The van der Waals surface area contributed by atoms with Gasteiger partial charge in [0.1, 0.15) is 0 Å². The summed E-state index contributed by atoms with van der Waals surface area (Å²) in [5.74, 6) is 0.872. The maximum atomic E-state index is 12.4. The van der Waals surface area contributed by atoms with Crippen LogP contribution in [0.2, 0.25) is 5.02 Å². The molecule has 0 spiro atoms. The Morgan fingerprint density at radius 1 is 1.16 bits per heavy atom. The van der Waals surface area contributed by atoms with Crippen LogP contribution < -0.4 is 5.43 Å². The summed E-state index contributed by atoms with van der Waals surface area (Å²) in [6, 6.07) is 15.9. The van der Waals surface area contributed by atoms with E-state index in [9.17, 15) is 4.79 Å². The molecular formula is C24H26ClN5OS. The van der Waals surface area contributed by atoms with Gasteiger partial charge in [0.05, 0.1) is 12.0 Å². The average molecular weight is 468 g/mol. The molecule has 1 heterocycles. The van der Waals surface area contributed by atoms with Gasteiger partial charge in [0.15, 0.2) is 11.0 Å². The molecule has 1 aliphatic rings. The highest BCUT2D eigenvalue weighted by Crippen LogP contribution is 2.35. The molecule has 1 aromatic heterocycles. The third-order valence-corrected chi connectivity index (χ3v) is 6.82. The molecule has 32 heavy (non-hydrogen) atoms. The van der Waals surface area contributed by atoms with E-state index in [1.54, 1.807) is 6.21 Å². The Balaban J connectivity index is 1.46. The lowest BCUT2D eigenvalue weighted by Gasteiger charge is -2.25. The zero-order valence-corrected chi connectivity index (χ0v) is 19.6. The number of rotatable bonds is 7. The van der Waals surface area contributed by atoms with Gasteiger partial charge in [-0.15, -0.1) is 10.2 Å². The summed E-state index contributed by atoms with van der Waals surface area (Å²) in [6.07, 6.45) is 7.51. The van der Waals surface area contributed by atoms with Crippen LogP contribution in [0, 0.1) is 6.92 Å². The van der Waals surface area contributed by atoms with E-state index in [1.165, 1.54) is 31.0 Å². The Labute approximate surface area is 197 Å². The molecule has 8 heteroatoms. The molecule has 2 aromatic carbocycles. The van der Waals surface area contributed by atoms with E-state index < -0.39 is 0 Å². The number of carbonyl (C=O) groups is 1. The third kappa shape index (κ3) is 5.58. The molecule has 1 fully saturated rings. The van der Waals surface area contributed by atoms with Crippen molar-refractivity contribution in [3.05, 3.63) is 64.7 Å². The van der Waals surface area contributed by atoms with E-state index in [1.807, 2.05) is 55.5 Å². The molecule has 166 valence electrons. The molecule has 0 saturated heterocycles. The second-order valence-electron chi connectivity index (χ2n) is 7.91. The second-order valence-corrected chi connectivity index (χ2v) is 9.29. The van der Waals surface area contributed by atoms with E-state index in [2.05, 4.69) is 25.3 Å². The molecule has 1 amide bonds. The maximum Gasteiger partial charge on any atom is 0.250 e. The van der Waals surface area contributed by atoms with Crippen LogP contribution in [0.25, 0.3) is 11.4 Å². The van der Waals surface area contributed by atoms with E-state index in [0.717, 1.165) is 40.5 Å². The van der Waals surface area contributed by atoms with Gasteiger partial charge in [-0.1, -0.05) is 66.9 Å². The number of aryl methyl sites for hydroxylation is 1. The first-order valence-electron chi connectivity index (χ1n) is 10.8. The fourth-order valence-corrected chi connectivity index (χ4v) is 4.83. The van der Waals surface area contributed by atoms with Gasteiger partial charge in [0.25, 0.3) is 5.91 Å². The number of hydrogen-bond acceptors (Lipinski definition) is 5. The largest absolute Gasteiger partial charge is 0.299 e. The molecule has 1 N–H and O–H groups in total. The molecule has 0 bridgehead atoms. The number of hydrazone groups is 1. The number of nitrogens with zero attached hydrogens (tertiary/aromatic N) is 4. The Morgan fingerprint density at radius 3 is 2.66 bits per heavy atom. The summed E-state index contributed by atoms with van der Waals surface area (Å²) in [6.45, 7) is 2.01. The van der Waals surface area contributed by atoms with E-state index >= 15 is 0 Å². The molecule has 4 rings (SSSR count). The van der Waals surface area contributed by atoms with Crippen molar-refractivity contribution in [2.45, 2.75) is 50.2 Å². The van der Waals surface area contributed by atoms with Gasteiger partial charge in [-0.05, 0) is 55.2 Å². The topological polar surface area (TPSA) is 72.2 Å². The van der Waals surface area contributed by atoms with Gasteiger partial charge < -0.3 is 0 Å². The Kier molecular flexibility index (Phi) is 7.60. The molecule has 0 radical (unpaired) electrons. The first kappa shape index (κ1) is 22.6. The van der Waals surface area contributed by atoms with Crippen molar-refractivity contribution in [2.24, 2.45) is 5.10 Å². The Morgan fingerprint density at radius 2 is 1.91 bits per heavy atom. The lowest BCUT2D eigenvalue weighted by atomic mass is 9.95. The van der Waals surface area contributed by atoms with Crippen molar-refractivity contribution in [2.75, 3.05) is 5.75 Å². The van der Waals surface area contributed by atoms with Crippen molar-refractivity contribution in [3.63, 3.8) is 0 Å². The highest BCUT2D eigenvalue weighted by atomic mass is 35.5. The van der Waals surface area contributed by atoms with Crippen molar-refractivity contribution in [1.29, 1.82) is 0 Å². The predicted molar refractivity (Wildman–Crippen MR) is 130 cm³/mol. The van der Waals surface area contributed by atoms with Crippen molar-refractivity contribution < 1.29 is 4.79 Å². The summed E-state index contributed by atoms with van der Waals surface area (Å²) >= 11 is 7.46. The summed E-state index contributed by atoms with van der Waals surface area (Å²) in [4.78, 5) is 12.4. The zero-order chi connectivity index (χ0) is 22.3. The number of carbonyl (C=O) groups excluding carboxylic acids is 1. The molecule has 0 unspecified atom stereocenters. The summed E-state index contributed by atoms with van der Waals surface area (Å²) < 4.78 is 2.21. The van der Waals surface area contributed by atoms with E-state index in [4.69, 9.17) is 11.6 Å². The molecular weight excluding hydrogens is 442 g/mol. The SMILES string of the molecule is Cc1ccccc1/C=N/NC(=O)CSc1nnc(-c2ccc(Cl)cc2)n1C1CCCCC1. The van der Waals surface area contributed by atoms with Gasteiger partial charge in [-0.2, -0.15) is 5.10 Å². The normalized spacial score (nSPS) is 14.7. The minimum atomic E-state index is -0.175. The van der Waals surface area contributed by atoms with Gasteiger partial charge in [-0.25, -0.2) is 5.43 Å².